The summed E-state index contributed by atoms with van der Waals surface area (Å²) >= 11 is 0. The van der Waals surface area contributed by atoms with Crippen LogP contribution in [0.5, 0.6) is 0 Å². The number of carbonyl (C=O) groups excluding carboxylic acids is 1. The van der Waals surface area contributed by atoms with Gasteiger partial charge in [-0.15, -0.1) is 0 Å². The van der Waals surface area contributed by atoms with Crippen molar-refractivity contribution < 1.29 is 9.53 Å². The second-order valence-corrected chi connectivity index (χ2v) is 3.36. The minimum absolute atomic E-state index is 0.349. The standard InChI is InChI=1S/C12H12N2O2/c1-16-12(15)10-7-14-11(6-13)9-5-3-2-4-8(9)10/h2-5,7H,6,13H2,1H3. The van der Waals surface area contributed by atoms with E-state index in [1.54, 1.807) is 0 Å². The molecular weight excluding hydrogens is 204 g/mol. The fraction of sp³-hybridized carbons (Fsp3) is 0.167. The van der Waals surface area contributed by atoms with Gasteiger partial charge in [-0.3, -0.25) is 4.98 Å². The molecule has 0 aliphatic rings. The lowest BCUT2D eigenvalue weighted by atomic mass is 10.1. The Morgan fingerprint density at radius 2 is 2.06 bits per heavy atom. The Bertz CT molecular complexity index is 538. The number of esters is 1. The van der Waals surface area contributed by atoms with E-state index in [0.29, 0.717) is 12.1 Å². The predicted molar refractivity (Wildman–Crippen MR) is 61.0 cm³/mol. The minimum Gasteiger partial charge on any atom is -0.465 e. The second-order valence-electron chi connectivity index (χ2n) is 3.36. The van der Waals surface area contributed by atoms with E-state index in [1.165, 1.54) is 13.3 Å². The quantitative estimate of drug-likeness (QED) is 0.772. The highest BCUT2D eigenvalue weighted by atomic mass is 16.5. The summed E-state index contributed by atoms with van der Waals surface area (Å²) in [6, 6.07) is 7.53. The average molecular weight is 216 g/mol. The van der Waals surface area contributed by atoms with Crippen molar-refractivity contribution in [3.8, 4) is 0 Å². The topological polar surface area (TPSA) is 65.2 Å². The zero-order chi connectivity index (χ0) is 11.5. The van der Waals surface area contributed by atoms with Gasteiger partial charge < -0.3 is 10.5 Å². The van der Waals surface area contributed by atoms with Gasteiger partial charge in [0.25, 0.3) is 0 Å². The van der Waals surface area contributed by atoms with Crippen molar-refractivity contribution in [2.24, 2.45) is 5.73 Å². The van der Waals surface area contributed by atoms with E-state index in [4.69, 9.17) is 10.5 Å². The Hall–Kier alpha value is -1.94. The van der Waals surface area contributed by atoms with E-state index in [-0.39, 0.29) is 5.97 Å². The smallest absolute Gasteiger partial charge is 0.340 e. The summed E-state index contributed by atoms with van der Waals surface area (Å²) in [5, 5.41) is 1.72. The second kappa shape index (κ2) is 4.28. The first-order valence-electron chi connectivity index (χ1n) is 4.93. The number of fused-ring (bicyclic) bond motifs is 1. The van der Waals surface area contributed by atoms with Gasteiger partial charge in [-0.1, -0.05) is 24.3 Å². The van der Waals surface area contributed by atoms with Crippen molar-refractivity contribution in [1.29, 1.82) is 0 Å². The number of hydrogen-bond acceptors (Lipinski definition) is 4. The van der Waals surface area contributed by atoms with E-state index in [0.717, 1.165) is 16.5 Å². The van der Waals surface area contributed by atoms with Gasteiger partial charge in [0.15, 0.2) is 0 Å². The number of nitrogens with zero attached hydrogens (tertiary/aromatic N) is 1. The van der Waals surface area contributed by atoms with Gasteiger partial charge in [-0.25, -0.2) is 4.79 Å². The minimum atomic E-state index is -0.382. The molecule has 0 saturated carbocycles. The fourth-order valence-corrected chi connectivity index (χ4v) is 1.69. The lowest BCUT2D eigenvalue weighted by Crippen LogP contribution is -2.06. The lowest BCUT2D eigenvalue weighted by Gasteiger charge is -2.07. The molecule has 0 aliphatic carbocycles. The molecule has 16 heavy (non-hydrogen) atoms. The van der Waals surface area contributed by atoms with Gasteiger partial charge in [0.2, 0.25) is 0 Å². The molecule has 0 atom stereocenters. The van der Waals surface area contributed by atoms with Crippen molar-refractivity contribution in [2.75, 3.05) is 7.11 Å². The average Bonchev–Trinajstić information content (AvgIpc) is 2.36. The molecule has 1 aromatic heterocycles. The SMILES string of the molecule is COC(=O)c1cnc(CN)c2ccccc12. The molecule has 2 N–H and O–H groups in total. The van der Waals surface area contributed by atoms with E-state index >= 15 is 0 Å². The maximum atomic E-state index is 11.5. The first-order valence-corrected chi connectivity index (χ1v) is 4.93. The predicted octanol–water partition coefficient (Wildman–Crippen LogP) is 1.48. The number of carbonyl (C=O) groups is 1. The van der Waals surface area contributed by atoms with Crippen molar-refractivity contribution >= 4 is 16.7 Å². The Morgan fingerprint density at radius 1 is 1.38 bits per heavy atom. The van der Waals surface area contributed by atoms with E-state index in [9.17, 15) is 4.79 Å². The number of rotatable bonds is 2. The summed E-state index contributed by atoms with van der Waals surface area (Å²) in [5.74, 6) is -0.382. The normalized spacial score (nSPS) is 10.4. The van der Waals surface area contributed by atoms with Crippen molar-refractivity contribution in [1.82, 2.24) is 4.98 Å². The van der Waals surface area contributed by atoms with Gasteiger partial charge in [0.1, 0.15) is 0 Å². The van der Waals surface area contributed by atoms with Crippen LogP contribution in [0, 0.1) is 0 Å². The fourth-order valence-electron chi connectivity index (χ4n) is 1.69. The molecule has 2 aromatic rings. The van der Waals surface area contributed by atoms with Gasteiger partial charge in [-0.05, 0) is 5.39 Å². The van der Waals surface area contributed by atoms with Crippen molar-refractivity contribution in [3.05, 3.63) is 41.7 Å². The molecule has 0 unspecified atom stereocenters. The van der Waals surface area contributed by atoms with E-state index < -0.39 is 0 Å². The Labute approximate surface area is 93.0 Å². The van der Waals surface area contributed by atoms with E-state index in [2.05, 4.69) is 4.98 Å². The highest BCUT2D eigenvalue weighted by Crippen LogP contribution is 2.21. The summed E-state index contributed by atoms with van der Waals surface area (Å²) in [6.45, 7) is 0.349. The number of aromatic nitrogens is 1. The van der Waals surface area contributed by atoms with Crippen molar-refractivity contribution in [3.63, 3.8) is 0 Å². The van der Waals surface area contributed by atoms with Crippen LogP contribution in [0.4, 0.5) is 0 Å². The first-order chi connectivity index (χ1) is 7.77. The molecule has 0 spiro atoms. The monoisotopic (exact) mass is 216 g/mol. The third-order valence-electron chi connectivity index (χ3n) is 2.48. The molecule has 2 rings (SSSR count). The zero-order valence-electron chi connectivity index (χ0n) is 8.93. The third-order valence-corrected chi connectivity index (χ3v) is 2.48. The summed E-state index contributed by atoms with van der Waals surface area (Å²) in [5.41, 5.74) is 6.84. The van der Waals surface area contributed by atoms with Gasteiger partial charge >= 0.3 is 5.97 Å². The number of pyridine rings is 1. The molecule has 0 amide bonds. The third kappa shape index (κ3) is 1.63. The summed E-state index contributed by atoms with van der Waals surface area (Å²) < 4.78 is 4.71. The Kier molecular flexibility index (Phi) is 2.83. The molecule has 4 nitrogen and oxygen atoms in total. The molecule has 82 valence electrons. The summed E-state index contributed by atoms with van der Waals surface area (Å²) in [6.07, 6.45) is 1.51. The van der Waals surface area contributed by atoms with Crippen LogP contribution in [-0.4, -0.2) is 18.1 Å². The molecule has 0 saturated heterocycles. The van der Waals surface area contributed by atoms with Crippen LogP contribution in [0.15, 0.2) is 30.5 Å². The molecule has 4 heteroatoms. The first kappa shape index (κ1) is 10.6. The number of benzene rings is 1. The van der Waals surface area contributed by atoms with E-state index in [1.807, 2.05) is 24.3 Å². The maximum absolute atomic E-state index is 11.5. The van der Waals surface area contributed by atoms with Gasteiger partial charge in [0, 0.05) is 18.1 Å². The van der Waals surface area contributed by atoms with Crippen LogP contribution in [0.1, 0.15) is 16.1 Å². The molecule has 0 bridgehead atoms. The van der Waals surface area contributed by atoms with Crippen LogP contribution in [0.3, 0.4) is 0 Å². The summed E-state index contributed by atoms with van der Waals surface area (Å²) in [4.78, 5) is 15.7. The number of hydrogen-bond donors (Lipinski definition) is 1. The largest absolute Gasteiger partial charge is 0.465 e. The molecule has 0 aliphatic heterocycles. The van der Waals surface area contributed by atoms with Gasteiger partial charge in [0.05, 0.1) is 18.4 Å². The number of nitrogens with two attached hydrogens (primary N) is 1. The number of ether oxygens (including phenoxy) is 1. The lowest BCUT2D eigenvalue weighted by molar-refractivity contribution is 0.0602. The Balaban J connectivity index is 2.74. The van der Waals surface area contributed by atoms with Crippen LogP contribution < -0.4 is 5.73 Å². The van der Waals surface area contributed by atoms with Crippen molar-refractivity contribution in [2.45, 2.75) is 6.54 Å². The molecule has 0 fully saturated rings. The summed E-state index contributed by atoms with van der Waals surface area (Å²) in [7, 11) is 1.36. The highest BCUT2D eigenvalue weighted by molar-refractivity contribution is 6.04. The zero-order valence-corrected chi connectivity index (χ0v) is 8.93. The van der Waals surface area contributed by atoms with Crippen LogP contribution in [-0.2, 0) is 11.3 Å². The molecular formula is C12H12N2O2. The molecule has 0 radical (unpaired) electrons. The van der Waals surface area contributed by atoms with Crippen LogP contribution in [0.25, 0.3) is 10.8 Å². The maximum Gasteiger partial charge on any atom is 0.340 e. The van der Waals surface area contributed by atoms with Gasteiger partial charge in [-0.2, -0.15) is 0 Å². The molecule has 1 aromatic carbocycles. The Morgan fingerprint density at radius 3 is 2.69 bits per heavy atom. The van der Waals surface area contributed by atoms with Crippen LogP contribution in [0.2, 0.25) is 0 Å². The number of methoxy groups -OCH3 is 1. The molecule has 1 heterocycles. The highest BCUT2D eigenvalue weighted by Gasteiger charge is 2.12. The van der Waals surface area contributed by atoms with Crippen LogP contribution >= 0.6 is 0 Å².